The molecular formula is C30H38Cl4N2O2. The third kappa shape index (κ3) is 5.76. The third-order valence-electron chi connectivity index (χ3n) is 9.00. The average Bonchev–Trinajstić information content (AvgIpc) is 2.91. The maximum absolute atomic E-state index is 6.21. The minimum atomic E-state index is 0.0828. The van der Waals surface area contributed by atoms with Crippen LogP contribution < -0.4 is 0 Å². The molecule has 4 fully saturated rings. The van der Waals surface area contributed by atoms with Gasteiger partial charge in [-0.1, -0.05) is 84.2 Å². The van der Waals surface area contributed by atoms with E-state index in [1.165, 1.54) is 49.7 Å². The van der Waals surface area contributed by atoms with Crippen LogP contribution in [-0.4, -0.2) is 62.7 Å². The molecule has 0 radical (unpaired) electrons. The fourth-order valence-electron chi connectivity index (χ4n) is 7.21. The van der Waals surface area contributed by atoms with Gasteiger partial charge in [-0.2, -0.15) is 0 Å². The first-order valence-corrected chi connectivity index (χ1v) is 15.3. The number of fused-ring (bicyclic) bond motifs is 2. The quantitative estimate of drug-likeness (QED) is 0.347. The predicted molar refractivity (Wildman–Crippen MR) is 158 cm³/mol. The predicted octanol–water partition coefficient (Wildman–Crippen LogP) is 8.19. The summed E-state index contributed by atoms with van der Waals surface area (Å²) in [5.74, 6) is 0. The van der Waals surface area contributed by atoms with Crippen LogP contribution in [0.4, 0.5) is 0 Å². The van der Waals surface area contributed by atoms with Crippen LogP contribution in [0, 0.1) is 0 Å². The first kappa shape index (κ1) is 29.0. The molecule has 0 unspecified atom stereocenters. The van der Waals surface area contributed by atoms with Crippen LogP contribution in [0.25, 0.3) is 0 Å². The van der Waals surface area contributed by atoms with Gasteiger partial charge in [-0.25, -0.2) is 0 Å². The van der Waals surface area contributed by atoms with E-state index in [-0.39, 0.29) is 10.8 Å². The van der Waals surface area contributed by atoms with E-state index < -0.39 is 0 Å². The Kier molecular flexibility index (Phi) is 9.24. The summed E-state index contributed by atoms with van der Waals surface area (Å²) in [6, 6.07) is 12.1. The van der Waals surface area contributed by atoms with Gasteiger partial charge in [-0.15, -0.1) is 0 Å². The smallest absolute Gasteiger partial charge is 0.0992 e. The lowest BCUT2D eigenvalue weighted by molar-refractivity contribution is -0.125. The van der Waals surface area contributed by atoms with Crippen molar-refractivity contribution in [2.24, 2.45) is 0 Å². The standard InChI is InChI=1S/2C15H19Cl2NO/c2*1-18-9-15(7-3-2-4-14(15)19-10-18)11-5-6-12(16)13(17)8-11/h2*5-6,8,14H,2-4,7,9-10H2,1H3/t2*14-,15+/m10/s1. The summed E-state index contributed by atoms with van der Waals surface area (Å²) in [5, 5.41) is 2.54. The molecule has 4 nitrogen and oxygen atoms in total. The summed E-state index contributed by atoms with van der Waals surface area (Å²) in [5.41, 5.74) is 2.72. The van der Waals surface area contributed by atoms with Gasteiger partial charge in [-0.05, 0) is 75.2 Å². The highest BCUT2D eigenvalue weighted by molar-refractivity contribution is 6.42. The van der Waals surface area contributed by atoms with Crippen LogP contribution in [0.1, 0.15) is 62.5 Å². The Labute approximate surface area is 247 Å². The second kappa shape index (κ2) is 12.1. The Balaban J connectivity index is 0.000000155. The lowest BCUT2D eigenvalue weighted by atomic mass is 9.66. The zero-order valence-electron chi connectivity index (χ0n) is 22.3. The maximum Gasteiger partial charge on any atom is 0.0992 e. The van der Waals surface area contributed by atoms with Crippen molar-refractivity contribution < 1.29 is 9.47 Å². The first-order valence-electron chi connectivity index (χ1n) is 13.7. The van der Waals surface area contributed by atoms with Crippen molar-refractivity contribution in [3.63, 3.8) is 0 Å². The van der Waals surface area contributed by atoms with Gasteiger partial charge in [0.1, 0.15) is 0 Å². The number of hydrogen-bond acceptors (Lipinski definition) is 4. The summed E-state index contributed by atoms with van der Waals surface area (Å²) in [7, 11) is 4.23. The zero-order valence-corrected chi connectivity index (χ0v) is 25.4. The van der Waals surface area contributed by atoms with Crippen LogP contribution >= 0.6 is 46.4 Å². The minimum Gasteiger partial charge on any atom is -0.362 e. The van der Waals surface area contributed by atoms with Crippen molar-refractivity contribution in [3.05, 3.63) is 67.6 Å². The van der Waals surface area contributed by atoms with E-state index in [1.807, 2.05) is 24.3 Å². The lowest BCUT2D eigenvalue weighted by Crippen LogP contribution is -2.56. The molecule has 0 bridgehead atoms. The summed E-state index contributed by atoms with van der Waals surface area (Å²) < 4.78 is 12.1. The van der Waals surface area contributed by atoms with Crippen molar-refractivity contribution in [1.82, 2.24) is 9.80 Å². The number of nitrogens with zero attached hydrogens (tertiary/aromatic N) is 2. The van der Waals surface area contributed by atoms with Crippen LogP contribution in [0.2, 0.25) is 20.1 Å². The highest BCUT2D eigenvalue weighted by Crippen LogP contribution is 2.46. The van der Waals surface area contributed by atoms with Gasteiger partial charge in [0.05, 0.1) is 45.8 Å². The fourth-order valence-corrected chi connectivity index (χ4v) is 7.80. The molecule has 0 amide bonds. The Bertz CT molecular complexity index is 1050. The topological polar surface area (TPSA) is 24.9 Å². The lowest BCUT2D eigenvalue weighted by Gasteiger charge is -2.50. The number of ether oxygens (including phenoxy) is 2. The van der Waals surface area contributed by atoms with Crippen LogP contribution in [0.3, 0.4) is 0 Å². The van der Waals surface area contributed by atoms with Crippen molar-refractivity contribution in [2.75, 3.05) is 40.6 Å². The molecule has 2 aromatic rings. The summed E-state index contributed by atoms with van der Waals surface area (Å²) >= 11 is 24.5. The number of rotatable bonds is 2. The highest BCUT2D eigenvalue weighted by atomic mass is 35.5. The van der Waals surface area contributed by atoms with E-state index in [0.717, 1.165) is 39.4 Å². The molecule has 8 heteroatoms. The van der Waals surface area contributed by atoms with Crippen molar-refractivity contribution in [2.45, 2.75) is 74.4 Å². The van der Waals surface area contributed by atoms with Crippen molar-refractivity contribution >= 4 is 46.4 Å². The van der Waals surface area contributed by atoms with E-state index in [0.29, 0.717) is 32.3 Å². The maximum atomic E-state index is 6.21. The van der Waals surface area contributed by atoms with E-state index in [9.17, 15) is 0 Å². The molecule has 0 aromatic heterocycles. The van der Waals surface area contributed by atoms with Gasteiger partial charge >= 0.3 is 0 Å². The van der Waals surface area contributed by atoms with Gasteiger partial charge in [0.15, 0.2) is 0 Å². The minimum absolute atomic E-state index is 0.0828. The molecule has 6 rings (SSSR count). The highest BCUT2D eigenvalue weighted by Gasteiger charge is 2.47. The van der Waals surface area contributed by atoms with Gasteiger partial charge in [0.2, 0.25) is 0 Å². The zero-order chi connectivity index (χ0) is 26.9. The third-order valence-corrected chi connectivity index (χ3v) is 10.5. The van der Waals surface area contributed by atoms with Crippen LogP contribution in [0.5, 0.6) is 0 Å². The number of halogens is 4. The Morgan fingerprint density at radius 2 is 1.05 bits per heavy atom. The van der Waals surface area contributed by atoms with E-state index in [4.69, 9.17) is 55.9 Å². The van der Waals surface area contributed by atoms with Crippen LogP contribution in [-0.2, 0) is 20.3 Å². The molecule has 2 heterocycles. The molecule has 2 saturated carbocycles. The monoisotopic (exact) mass is 598 g/mol. The van der Waals surface area contributed by atoms with Gasteiger partial charge in [-0.3, -0.25) is 9.80 Å². The molecule has 0 N–H and O–H groups in total. The fraction of sp³-hybridized carbons (Fsp3) is 0.600. The average molecular weight is 600 g/mol. The normalized spacial score (nSPS) is 32.1. The SMILES string of the molecule is CN1CO[C@@H]2CCCC[C@@]2(c2ccc(Cl)c(Cl)c2)C1.CN1CO[C@H]2CCCC[C@]2(c2ccc(Cl)c(Cl)c2)C1. The number of hydrogen-bond donors (Lipinski definition) is 0. The molecular weight excluding hydrogens is 562 g/mol. The van der Waals surface area contributed by atoms with Gasteiger partial charge in [0.25, 0.3) is 0 Å². The molecule has 38 heavy (non-hydrogen) atoms. The summed E-state index contributed by atoms with van der Waals surface area (Å²) in [6.07, 6.45) is 10.3. The second-order valence-electron chi connectivity index (χ2n) is 11.7. The number of likely N-dealkylation sites (N-methyl/N-ethyl adjacent to an activating group) is 2. The largest absolute Gasteiger partial charge is 0.362 e. The second-order valence-corrected chi connectivity index (χ2v) is 13.3. The number of benzene rings is 2. The molecule has 2 saturated heterocycles. The Morgan fingerprint density at radius 3 is 1.45 bits per heavy atom. The Hall–Kier alpha value is -0.560. The van der Waals surface area contributed by atoms with E-state index in [2.05, 4.69) is 36.0 Å². The van der Waals surface area contributed by atoms with E-state index >= 15 is 0 Å². The van der Waals surface area contributed by atoms with Crippen molar-refractivity contribution in [1.29, 1.82) is 0 Å². The molecule has 2 aliphatic heterocycles. The van der Waals surface area contributed by atoms with Gasteiger partial charge in [0, 0.05) is 23.9 Å². The molecule has 4 atom stereocenters. The molecule has 2 aliphatic carbocycles. The molecule has 2 aromatic carbocycles. The molecule has 4 aliphatic rings. The van der Waals surface area contributed by atoms with Crippen molar-refractivity contribution in [3.8, 4) is 0 Å². The summed E-state index contributed by atoms with van der Waals surface area (Å²) in [6.45, 7) is 3.53. The van der Waals surface area contributed by atoms with Crippen LogP contribution in [0.15, 0.2) is 36.4 Å². The molecule has 208 valence electrons. The van der Waals surface area contributed by atoms with E-state index in [1.54, 1.807) is 0 Å². The van der Waals surface area contributed by atoms with Gasteiger partial charge < -0.3 is 9.47 Å². The molecule has 0 spiro atoms. The summed E-state index contributed by atoms with van der Waals surface area (Å²) in [4.78, 5) is 4.51. The Morgan fingerprint density at radius 1 is 0.632 bits per heavy atom. The first-order chi connectivity index (χ1) is 18.2.